The maximum atomic E-state index is 11.8. The van der Waals surface area contributed by atoms with Crippen LogP contribution in [0.15, 0.2) is 40.0 Å². The Balaban J connectivity index is 2.81. The lowest BCUT2D eigenvalue weighted by atomic mass is 9.94. The van der Waals surface area contributed by atoms with Gasteiger partial charge in [-0.25, -0.2) is 0 Å². The lowest BCUT2D eigenvalue weighted by Gasteiger charge is -2.15. The summed E-state index contributed by atoms with van der Waals surface area (Å²) in [6.07, 6.45) is 1.35. The minimum atomic E-state index is -0.981. The highest BCUT2D eigenvalue weighted by molar-refractivity contribution is 14.1. The van der Waals surface area contributed by atoms with E-state index in [-0.39, 0.29) is 0 Å². The summed E-state index contributed by atoms with van der Waals surface area (Å²) in [6, 6.07) is 9.89. The standard InChI is InChI=1S/C15H17IO4/c1-19-14(17)13(15(18)20-2)12(10-16)9-8-11-6-4-3-5-7-11/h3-7,10,13H,8-9H2,1-2H3/b12-10+. The van der Waals surface area contributed by atoms with E-state index in [4.69, 9.17) is 0 Å². The second-order valence-corrected chi connectivity index (χ2v) is 4.77. The third-order valence-electron chi connectivity index (χ3n) is 2.93. The van der Waals surface area contributed by atoms with Crippen LogP contribution in [-0.4, -0.2) is 26.2 Å². The van der Waals surface area contributed by atoms with Crippen molar-refractivity contribution >= 4 is 34.5 Å². The predicted molar refractivity (Wildman–Crippen MR) is 84.4 cm³/mol. The van der Waals surface area contributed by atoms with Crippen molar-refractivity contribution in [2.45, 2.75) is 12.8 Å². The Bertz CT molecular complexity index is 466. The van der Waals surface area contributed by atoms with Crippen molar-refractivity contribution in [1.82, 2.24) is 0 Å². The highest BCUT2D eigenvalue weighted by atomic mass is 127. The van der Waals surface area contributed by atoms with Gasteiger partial charge in [0.15, 0.2) is 5.92 Å². The van der Waals surface area contributed by atoms with Gasteiger partial charge < -0.3 is 9.47 Å². The summed E-state index contributed by atoms with van der Waals surface area (Å²) in [7, 11) is 2.53. The molecule has 0 saturated carbocycles. The lowest BCUT2D eigenvalue weighted by Crippen LogP contribution is -2.28. The number of carbonyl (C=O) groups excluding carboxylic acids is 2. The molecule has 0 atom stereocenters. The molecule has 0 aromatic heterocycles. The van der Waals surface area contributed by atoms with Crippen LogP contribution < -0.4 is 0 Å². The van der Waals surface area contributed by atoms with E-state index in [1.165, 1.54) is 14.2 Å². The minimum absolute atomic E-state index is 0.590. The molecule has 0 bridgehead atoms. The molecule has 4 nitrogen and oxygen atoms in total. The van der Waals surface area contributed by atoms with Crippen molar-refractivity contribution in [3.63, 3.8) is 0 Å². The second kappa shape index (κ2) is 8.73. The molecule has 108 valence electrons. The molecule has 0 aliphatic rings. The maximum absolute atomic E-state index is 11.8. The third-order valence-corrected chi connectivity index (χ3v) is 3.73. The summed E-state index contributed by atoms with van der Waals surface area (Å²) < 4.78 is 11.1. The van der Waals surface area contributed by atoms with E-state index in [0.29, 0.717) is 12.0 Å². The van der Waals surface area contributed by atoms with Crippen molar-refractivity contribution in [2.24, 2.45) is 5.92 Å². The Morgan fingerprint density at radius 3 is 2.15 bits per heavy atom. The number of methoxy groups -OCH3 is 2. The Morgan fingerprint density at radius 2 is 1.70 bits per heavy atom. The van der Waals surface area contributed by atoms with Crippen LogP contribution in [0.3, 0.4) is 0 Å². The highest BCUT2D eigenvalue weighted by Gasteiger charge is 2.31. The molecule has 0 aliphatic heterocycles. The van der Waals surface area contributed by atoms with Crippen LogP contribution in [0.25, 0.3) is 0 Å². The first-order chi connectivity index (χ1) is 9.63. The zero-order chi connectivity index (χ0) is 15.0. The van der Waals surface area contributed by atoms with Gasteiger partial charge in [-0.05, 0) is 28.1 Å². The van der Waals surface area contributed by atoms with E-state index in [9.17, 15) is 9.59 Å². The average Bonchev–Trinajstić information content (AvgIpc) is 2.51. The van der Waals surface area contributed by atoms with Crippen molar-refractivity contribution < 1.29 is 19.1 Å². The molecule has 0 spiro atoms. The topological polar surface area (TPSA) is 52.6 Å². The molecule has 0 aliphatic carbocycles. The Morgan fingerprint density at radius 1 is 1.15 bits per heavy atom. The molecule has 1 aromatic rings. The van der Waals surface area contributed by atoms with Crippen molar-refractivity contribution in [1.29, 1.82) is 0 Å². The van der Waals surface area contributed by atoms with Crippen LogP contribution in [0.5, 0.6) is 0 Å². The van der Waals surface area contributed by atoms with Gasteiger partial charge in [0, 0.05) is 0 Å². The normalized spacial score (nSPS) is 11.3. The quantitative estimate of drug-likeness (QED) is 0.427. The molecule has 1 aromatic carbocycles. The SMILES string of the molecule is COC(=O)C(C(=O)OC)/C(=C/I)CCc1ccccc1. The third kappa shape index (κ3) is 4.63. The van der Waals surface area contributed by atoms with Crippen molar-refractivity contribution in [3.8, 4) is 0 Å². The van der Waals surface area contributed by atoms with E-state index < -0.39 is 17.9 Å². The minimum Gasteiger partial charge on any atom is -0.468 e. The molecule has 0 radical (unpaired) electrons. The van der Waals surface area contributed by atoms with E-state index in [0.717, 1.165) is 12.0 Å². The van der Waals surface area contributed by atoms with Gasteiger partial charge in [0.1, 0.15) is 0 Å². The van der Waals surface area contributed by atoms with E-state index in [1.807, 2.05) is 52.9 Å². The summed E-state index contributed by atoms with van der Waals surface area (Å²) in [6.45, 7) is 0. The van der Waals surface area contributed by atoms with Gasteiger partial charge in [0.05, 0.1) is 14.2 Å². The van der Waals surface area contributed by atoms with Gasteiger partial charge in [-0.2, -0.15) is 0 Å². The van der Waals surface area contributed by atoms with Crippen LogP contribution in [0.2, 0.25) is 0 Å². The smallest absolute Gasteiger partial charge is 0.324 e. The fourth-order valence-electron chi connectivity index (χ4n) is 1.83. The summed E-state index contributed by atoms with van der Waals surface area (Å²) in [5, 5.41) is 0. The first-order valence-corrected chi connectivity index (χ1v) is 7.37. The van der Waals surface area contributed by atoms with Gasteiger partial charge in [-0.3, -0.25) is 9.59 Å². The Hall–Kier alpha value is -1.37. The number of carbonyl (C=O) groups is 2. The van der Waals surface area contributed by atoms with Crippen LogP contribution in [-0.2, 0) is 25.5 Å². The number of hydrogen-bond donors (Lipinski definition) is 0. The maximum Gasteiger partial charge on any atom is 0.324 e. The number of halogens is 1. The molecule has 5 heteroatoms. The summed E-state index contributed by atoms with van der Waals surface area (Å²) in [4.78, 5) is 23.5. The second-order valence-electron chi connectivity index (χ2n) is 4.15. The summed E-state index contributed by atoms with van der Waals surface area (Å²) >= 11 is 2.03. The monoisotopic (exact) mass is 388 g/mol. The van der Waals surface area contributed by atoms with Crippen molar-refractivity contribution in [2.75, 3.05) is 14.2 Å². The van der Waals surface area contributed by atoms with E-state index >= 15 is 0 Å². The van der Waals surface area contributed by atoms with Gasteiger partial charge in [-0.1, -0.05) is 52.9 Å². The predicted octanol–water partition coefficient (Wildman–Crippen LogP) is 2.90. The zero-order valence-corrected chi connectivity index (χ0v) is 13.6. The fraction of sp³-hybridized carbons (Fsp3) is 0.333. The number of rotatable bonds is 6. The largest absolute Gasteiger partial charge is 0.468 e. The Kier molecular flexibility index (Phi) is 7.28. The summed E-state index contributed by atoms with van der Waals surface area (Å²) in [5.41, 5.74) is 1.85. The van der Waals surface area contributed by atoms with Crippen molar-refractivity contribution in [3.05, 3.63) is 45.6 Å². The molecule has 0 heterocycles. The van der Waals surface area contributed by atoms with Gasteiger partial charge >= 0.3 is 11.9 Å². The van der Waals surface area contributed by atoms with Crippen LogP contribution in [0.4, 0.5) is 0 Å². The molecule has 0 N–H and O–H groups in total. The number of esters is 2. The highest BCUT2D eigenvalue weighted by Crippen LogP contribution is 2.22. The molecular weight excluding hydrogens is 371 g/mol. The Labute approximate surface area is 132 Å². The number of benzene rings is 1. The molecule has 0 amide bonds. The van der Waals surface area contributed by atoms with Gasteiger partial charge in [0.2, 0.25) is 0 Å². The van der Waals surface area contributed by atoms with Gasteiger partial charge in [-0.15, -0.1) is 0 Å². The summed E-state index contributed by atoms with van der Waals surface area (Å²) in [5.74, 6) is -2.16. The zero-order valence-electron chi connectivity index (χ0n) is 11.5. The van der Waals surface area contributed by atoms with Gasteiger partial charge in [0.25, 0.3) is 0 Å². The van der Waals surface area contributed by atoms with E-state index in [2.05, 4.69) is 9.47 Å². The van der Waals surface area contributed by atoms with Crippen LogP contribution >= 0.6 is 22.6 Å². The van der Waals surface area contributed by atoms with E-state index in [1.54, 1.807) is 4.08 Å². The van der Waals surface area contributed by atoms with Crippen LogP contribution in [0, 0.1) is 5.92 Å². The average molecular weight is 388 g/mol. The number of ether oxygens (including phenoxy) is 2. The molecule has 0 unspecified atom stereocenters. The van der Waals surface area contributed by atoms with Crippen LogP contribution in [0.1, 0.15) is 12.0 Å². The molecule has 1 rings (SSSR count). The fourth-order valence-corrected chi connectivity index (χ4v) is 2.50. The molecule has 0 fully saturated rings. The number of aryl methyl sites for hydroxylation is 1. The molecule has 0 saturated heterocycles. The lowest BCUT2D eigenvalue weighted by molar-refractivity contribution is -0.156. The molecule has 20 heavy (non-hydrogen) atoms. The first-order valence-electron chi connectivity index (χ1n) is 6.12. The molecular formula is C15H17IO4. The number of hydrogen-bond acceptors (Lipinski definition) is 4. The first kappa shape index (κ1) is 16.7.